The Balaban J connectivity index is 2.28. The van der Waals surface area contributed by atoms with Crippen molar-refractivity contribution in [3.05, 3.63) is 53.5 Å². The summed E-state index contributed by atoms with van der Waals surface area (Å²) < 4.78 is 31.8. The van der Waals surface area contributed by atoms with Crippen LogP contribution in [0.1, 0.15) is 27.2 Å². The molecule has 0 fully saturated rings. The molecule has 0 N–H and O–H groups in total. The van der Waals surface area contributed by atoms with Crippen LogP contribution >= 0.6 is 0 Å². The molecule has 0 spiro atoms. The Morgan fingerprint density at radius 2 is 1.74 bits per heavy atom. The van der Waals surface area contributed by atoms with Gasteiger partial charge in [0.05, 0.1) is 15.9 Å². The quantitative estimate of drug-likeness (QED) is 0.584. The molecule has 3 nitrogen and oxygen atoms in total. The second-order valence-corrected chi connectivity index (χ2v) is 14.2. The summed E-state index contributed by atoms with van der Waals surface area (Å²) in [5.41, 5.74) is 0. The first-order valence-electron chi connectivity index (χ1n) is 7.89. The second kappa shape index (κ2) is 6.38. The molecule has 1 aliphatic carbocycles. The SMILES string of the molecule is CC(C)(C)[Si](C)(C)O[C@H]1C=CCC(S(=O)(=O)c2ccccc2)=C1. The summed E-state index contributed by atoms with van der Waals surface area (Å²) in [6, 6.07) is 8.58. The van der Waals surface area contributed by atoms with Gasteiger partial charge in [-0.15, -0.1) is 0 Å². The number of allylic oxidation sites excluding steroid dienone is 2. The summed E-state index contributed by atoms with van der Waals surface area (Å²) in [6.45, 7) is 10.9. The highest BCUT2D eigenvalue weighted by Crippen LogP contribution is 2.38. The number of rotatable bonds is 4. The number of sulfone groups is 1. The van der Waals surface area contributed by atoms with E-state index in [2.05, 4.69) is 33.9 Å². The summed E-state index contributed by atoms with van der Waals surface area (Å²) >= 11 is 0. The van der Waals surface area contributed by atoms with E-state index in [9.17, 15) is 8.42 Å². The molecule has 23 heavy (non-hydrogen) atoms. The van der Waals surface area contributed by atoms with Crippen molar-refractivity contribution in [3.8, 4) is 0 Å². The van der Waals surface area contributed by atoms with Gasteiger partial charge in [0.15, 0.2) is 8.32 Å². The van der Waals surface area contributed by atoms with Crippen molar-refractivity contribution >= 4 is 18.2 Å². The molecule has 1 aromatic carbocycles. The number of hydrogen-bond acceptors (Lipinski definition) is 3. The first-order chi connectivity index (χ1) is 10.5. The zero-order valence-corrected chi connectivity index (χ0v) is 16.4. The van der Waals surface area contributed by atoms with Crippen LogP contribution in [0.15, 0.2) is 58.4 Å². The summed E-state index contributed by atoms with van der Waals surface area (Å²) in [5, 5.41) is 0.0879. The Labute approximate surface area is 141 Å². The number of hydrogen-bond donors (Lipinski definition) is 0. The molecule has 0 bridgehead atoms. The average molecular weight is 351 g/mol. The highest BCUT2D eigenvalue weighted by molar-refractivity contribution is 7.95. The lowest BCUT2D eigenvalue weighted by molar-refractivity contribution is 0.265. The van der Waals surface area contributed by atoms with E-state index in [4.69, 9.17) is 4.43 Å². The van der Waals surface area contributed by atoms with Gasteiger partial charge in [-0.05, 0) is 36.3 Å². The van der Waals surface area contributed by atoms with Crippen molar-refractivity contribution in [3.63, 3.8) is 0 Å². The van der Waals surface area contributed by atoms with Crippen LogP contribution in [0.3, 0.4) is 0 Å². The Morgan fingerprint density at radius 1 is 1.13 bits per heavy atom. The summed E-state index contributed by atoms with van der Waals surface area (Å²) in [6.07, 6.45) is 5.79. The maximum atomic E-state index is 12.7. The van der Waals surface area contributed by atoms with Gasteiger partial charge in [0, 0.05) is 6.42 Å². The molecule has 126 valence electrons. The average Bonchev–Trinajstić information content (AvgIpc) is 2.47. The normalized spacial score (nSPS) is 19.5. The van der Waals surface area contributed by atoms with Crippen molar-refractivity contribution in [2.45, 2.75) is 56.3 Å². The zero-order chi connectivity index (χ0) is 17.3. The summed E-state index contributed by atoms with van der Waals surface area (Å²) in [5.74, 6) is 0. The zero-order valence-electron chi connectivity index (χ0n) is 14.5. The van der Waals surface area contributed by atoms with E-state index in [1.807, 2.05) is 18.2 Å². The van der Waals surface area contributed by atoms with E-state index in [0.29, 0.717) is 16.2 Å². The van der Waals surface area contributed by atoms with Crippen molar-refractivity contribution in [2.24, 2.45) is 0 Å². The van der Waals surface area contributed by atoms with Crippen LogP contribution in [-0.4, -0.2) is 22.8 Å². The van der Waals surface area contributed by atoms with Gasteiger partial charge in [0.25, 0.3) is 0 Å². The molecule has 0 aromatic heterocycles. The Morgan fingerprint density at radius 3 is 2.30 bits per heavy atom. The third-order valence-corrected chi connectivity index (χ3v) is 11.0. The molecular formula is C18H26O3SSi. The van der Waals surface area contributed by atoms with E-state index < -0.39 is 18.2 Å². The molecule has 1 aromatic rings. The van der Waals surface area contributed by atoms with Gasteiger partial charge in [-0.3, -0.25) is 0 Å². The molecule has 0 heterocycles. The molecule has 0 saturated heterocycles. The molecular weight excluding hydrogens is 324 g/mol. The molecule has 2 rings (SSSR count). The van der Waals surface area contributed by atoms with Crippen molar-refractivity contribution < 1.29 is 12.8 Å². The van der Waals surface area contributed by atoms with Crippen LogP contribution in [0.2, 0.25) is 18.1 Å². The summed E-state index contributed by atoms with van der Waals surface area (Å²) in [7, 11) is -5.39. The largest absolute Gasteiger partial charge is 0.407 e. The predicted molar refractivity (Wildman–Crippen MR) is 97.5 cm³/mol. The Kier molecular flexibility index (Phi) is 5.04. The second-order valence-electron chi connectivity index (χ2n) is 7.42. The first kappa shape index (κ1) is 18.2. The van der Waals surface area contributed by atoms with Crippen LogP contribution in [-0.2, 0) is 14.3 Å². The Hall–Kier alpha value is -1.17. The highest BCUT2D eigenvalue weighted by atomic mass is 32.2. The third-order valence-electron chi connectivity index (χ3n) is 4.63. The van der Waals surface area contributed by atoms with Gasteiger partial charge in [-0.25, -0.2) is 8.42 Å². The van der Waals surface area contributed by atoms with Gasteiger partial charge in [0.2, 0.25) is 9.84 Å². The van der Waals surface area contributed by atoms with Gasteiger partial charge in [-0.1, -0.05) is 51.1 Å². The van der Waals surface area contributed by atoms with Crippen LogP contribution in [0.5, 0.6) is 0 Å². The monoisotopic (exact) mass is 350 g/mol. The molecule has 0 radical (unpaired) electrons. The highest BCUT2D eigenvalue weighted by Gasteiger charge is 2.39. The van der Waals surface area contributed by atoms with Crippen LogP contribution in [0.4, 0.5) is 0 Å². The van der Waals surface area contributed by atoms with Crippen LogP contribution in [0.25, 0.3) is 0 Å². The van der Waals surface area contributed by atoms with Crippen molar-refractivity contribution in [1.82, 2.24) is 0 Å². The predicted octanol–water partition coefficient (Wildman–Crippen LogP) is 4.69. The molecule has 0 aliphatic heterocycles. The maximum Gasteiger partial charge on any atom is 0.202 e. The Bertz CT molecular complexity index is 710. The topological polar surface area (TPSA) is 43.4 Å². The lowest BCUT2D eigenvalue weighted by atomic mass is 10.2. The minimum absolute atomic E-state index is 0.0879. The fourth-order valence-corrected chi connectivity index (χ4v) is 4.79. The molecule has 0 amide bonds. The van der Waals surface area contributed by atoms with Gasteiger partial charge < -0.3 is 4.43 Å². The van der Waals surface area contributed by atoms with Gasteiger partial charge in [0.1, 0.15) is 0 Å². The van der Waals surface area contributed by atoms with E-state index in [1.165, 1.54) is 0 Å². The molecule has 0 saturated carbocycles. The summed E-state index contributed by atoms with van der Waals surface area (Å²) in [4.78, 5) is 0.766. The fraction of sp³-hybridized carbons (Fsp3) is 0.444. The lowest BCUT2D eigenvalue weighted by Gasteiger charge is -2.38. The standard InChI is InChI=1S/C18H26O3SSi/c1-18(2,3)23(4,5)21-15-10-9-13-17(14-15)22(19,20)16-11-7-6-8-12-16/h6-12,14-15H,13H2,1-5H3/t15-/m0/s1. The minimum atomic E-state index is -3.44. The molecule has 5 heteroatoms. The van der Waals surface area contributed by atoms with Crippen molar-refractivity contribution in [1.29, 1.82) is 0 Å². The van der Waals surface area contributed by atoms with Crippen molar-refractivity contribution in [2.75, 3.05) is 0 Å². The van der Waals surface area contributed by atoms with Crippen LogP contribution < -0.4 is 0 Å². The fourth-order valence-electron chi connectivity index (χ4n) is 2.17. The van der Waals surface area contributed by atoms with Crippen LogP contribution in [0, 0.1) is 0 Å². The third kappa shape index (κ3) is 4.02. The number of benzene rings is 1. The van der Waals surface area contributed by atoms with Gasteiger partial charge >= 0.3 is 0 Å². The molecule has 0 unspecified atom stereocenters. The van der Waals surface area contributed by atoms with E-state index >= 15 is 0 Å². The maximum absolute atomic E-state index is 12.7. The lowest BCUT2D eigenvalue weighted by Crippen LogP contribution is -2.43. The van der Waals surface area contributed by atoms with Gasteiger partial charge in [-0.2, -0.15) is 0 Å². The smallest absolute Gasteiger partial charge is 0.202 e. The van der Waals surface area contributed by atoms with E-state index in [-0.39, 0.29) is 11.1 Å². The van der Waals surface area contributed by atoms with E-state index in [0.717, 1.165) is 0 Å². The van der Waals surface area contributed by atoms with E-state index in [1.54, 1.807) is 30.3 Å². The minimum Gasteiger partial charge on any atom is -0.407 e. The molecule has 1 aliphatic rings. The molecule has 1 atom stereocenters. The first-order valence-corrected chi connectivity index (χ1v) is 12.3.